The van der Waals surface area contributed by atoms with Gasteiger partial charge in [-0.1, -0.05) is 38.1 Å². The van der Waals surface area contributed by atoms with Crippen molar-refractivity contribution in [3.05, 3.63) is 65.2 Å². The molecule has 0 aliphatic heterocycles. The first-order valence-corrected chi connectivity index (χ1v) is 10.1. The van der Waals surface area contributed by atoms with Crippen LogP contribution in [0.4, 0.5) is 0 Å². The minimum absolute atomic E-state index is 0.0601. The van der Waals surface area contributed by atoms with Crippen molar-refractivity contribution in [2.45, 2.75) is 53.2 Å². The molecule has 0 saturated carbocycles. The van der Waals surface area contributed by atoms with Gasteiger partial charge in [-0.15, -0.1) is 0 Å². The smallest absolute Gasteiger partial charge is 0.338 e. The quantitative estimate of drug-likeness (QED) is 0.623. The molecule has 2 aromatic carbocycles. The highest BCUT2D eigenvalue weighted by Crippen LogP contribution is 2.16. The molecule has 0 saturated heterocycles. The number of amides is 1. The lowest BCUT2D eigenvalue weighted by Crippen LogP contribution is -2.31. The lowest BCUT2D eigenvalue weighted by atomic mass is 10.00. The fourth-order valence-corrected chi connectivity index (χ4v) is 2.94. The molecule has 0 spiro atoms. The summed E-state index contributed by atoms with van der Waals surface area (Å²) in [4.78, 5) is 24.3. The molecule has 1 atom stereocenters. The zero-order valence-electron chi connectivity index (χ0n) is 17.9. The van der Waals surface area contributed by atoms with Gasteiger partial charge < -0.3 is 14.8 Å². The molecule has 0 unspecified atom stereocenters. The van der Waals surface area contributed by atoms with Gasteiger partial charge in [0.25, 0.3) is 5.91 Å². The summed E-state index contributed by atoms with van der Waals surface area (Å²) in [6.45, 7) is 9.82. The Hall–Kier alpha value is -2.82. The summed E-state index contributed by atoms with van der Waals surface area (Å²) < 4.78 is 10.7. The van der Waals surface area contributed by atoms with Crippen LogP contribution in [0.2, 0.25) is 0 Å². The fourth-order valence-electron chi connectivity index (χ4n) is 2.94. The molecule has 0 fully saturated rings. The highest BCUT2D eigenvalue weighted by atomic mass is 16.5. The van der Waals surface area contributed by atoms with E-state index < -0.39 is 5.97 Å². The van der Waals surface area contributed by atoms with E-state index in [0.29, 0.717) is 17.2 Å². The van der Waals surface area contributed by atoms with E-state index in [1.54, 1.807) is 24.3 Å². The zero-order valence-corrected chi connectivity index (χ0v) is 17.9. The van der Waals surface area contributed by atoms with Crippen LogP contribution in [-0.2, 0) is 16.0 Å². The Morgan fingerprint density at radius 2 is 1.52 bits per heavy atom. The molecule has 1 N–H and O–H groups in total. The summed E-state index contributed by atoms with van der Waals surface area (Å²) in [6, 6.07) is 14.7. The van der Waals surface area contributed by atoms with Crippen LogP contribution in [0.25, 0.3) is 0 Å². The SMILES string of the molecule is CC(C)Cc1ccc([C@H](C)NC(=O)COC(=O)c2ccc(OC(C)C)cc2)cc1. The minimum atomic E-state index is -0.540. The number of hydrogen-bond donors (Lipinski definition) is 1. The van der Waals surface area contributed by atoms with Gasteiger partial charge in [0.05, 0.1) is 17.7 Å². The first-order chi connectivity index (χ1) is 13.7. The van der Waals surface area contributed by atoms with E-state index in [-0.39, 0.29) is 24.7 Å². The minimum Gasteiger partial charge on any atom is -0.491 e. The van der Waals surface area contributed by atoms with Gasteiger partial charge in [-0.2, -0.15) is 0 Å². The molecule has 0 aliphatic carbocycles. The zero-order chi connectivity index (χ0) is 21.4. The molecule has 1 amide bonds. The number of carbonyl (C=O) groups excluding carboxylic acids is 2. The topological polar surface area (TPSA) is 64.6 Å². The van der Waals surface area contributed by atoms with E-state index >= 15 is 0 Å². The van der Waals surface area contributed by atoms with Gasteiger partial charge in [-0.05, 0) is 68.5 Å². The molecule has 156 valence electrons. The second kappa shape index (κ2) is 10.6. The molecule has 29 heavy (non-hydrogen) atoms. The van der Waals surface area contributed by atoms with E-state index in [9.17, 15) is 9.59 Å². The van der Waals surface area contributed by atoms with Crippen LogP contribution in [0.3, 0.4) is 0 Å². The van der Waals surface area contributed by atoms with Gasteiger partial charge in [-0.3, -0.25) is 4.79 Å². The molecule has 5 heteroatoms. The maximum atomic E-state index is 12.1. The van der Waals surface area contributed by atoms with Gasteiger partial charge in [0.1, 0.15) is 5.75 Å². The van der Waals surface area contributed by atoms with Crippen molar-refractivity contribution in [2.75, 3.05) is 6.61 Å². The predicted octanol–water partition coefficient (Wildman–Crippen LogP) is 4.71. The van der Waals surface area contributed by atoms with Crippen LogP contribution in [0, 0.1) is 5.92 Å². The van der Waals surface area contributed by atoms with Gasteiger partial charge >= 0.3 is 5.97 Å². The van der Waals surface area contributed by atoms with Crippen molar-refractivity contribution in [2.24, 2.45) is 5.92 Å². The third-order valence-corrected chi connectivity index (χ3v) is 4.30. The molecule has 0 aromatic heterocycles. The van der Waals surface area contributed by atoms with E-state index in [1.807, 2.05) is 32.9 Å². The standard InChI is InChI=1S/C24H31NO4/c1-16(2)14-19-6-8-20(9-7-19)18(5)25-23(26)15-28-24(27)21-10-12-22(13-11-21)29-17(3)4/h6-13,16-18H,14-15H2,1-5H3,(H,25,26)/t18-/m0/s1. The third kappa shape index (κ3) is 7.60. The molecule has 0 bridgehead atoms. The number of ether oxygens (including phenoxy) is 2. The molecule has 2 aromatic rings. The summed E-state index contributed by atoms with van der Waals surface area (Å²) in [5.41, 5.74) is 2.67. The van der Waals surface area contributed by atoms with Crippen LogP contribution >= 0.6 is 0 Å². The predicted molar refractivity (Wildman–Crippen MR) is 114 cm³/mol. The van der Waals surface area contributed by atoms with Crippen molar-refractivity contribution in [1.29, 1.82) is 0 Å². The molecule has 0 radical (unpaired) electrons. The molecule has 2 rings (SSSR count). The second-order valence-corrected chi connectivity index (χ2v) is 7.90. The second-order valence-electron chi connectivity index (χ2n) is 7.90. The highest BCUT2D eigenvalue weighted by Gasteiger charge is 2.13. The first-order valence-electron chi connectivity index (χ1n) is 10.1. The van der Waals surface area contributed by atoms with Gasteiger partial charge in [0.2, 0.25) is 0 Å². The van der Waals surface area contributed by atoms with E-state index in [2.05, 4.69) is 31.3 Å². The largest absolute Gasteiger partial charge is 0.491 e. The van der Waals surface area contributed by atoms with Crippen LogP contribution in [0.15, 0.2) is 48.5 Å². The molecule has 0 heterocycles. The Bertz CT molecular complexity index is 795. The number of nitrogens with one attached hydrogen (secondary N) is 1. The van der Waals surface area contributed by atoms with E-state index in [0.717, 1.165) is 12.0 Å². The van der Waals surface area contributed by atoms with Crippen molar-refractivity contribution in [3.8, 4) is 5.75 Å². The highest BCUT2D eigenvalue weighted by molar-refractivity contribution is 5.91. The summed E-state index contributed by atoms with van der Waals surface area (Å²) in [5.74, 6) is 0.410. The molecular weight excluding hydrogens is 366 g/mol. The summed E-state index contributed by atoms with van der Waals surface area (Å²) >= 11 is 0. The maximum Gasteiger partial charge on any atom is 0.338 e. The average molecular weight is 398 g/mol. The summed E-state index contributed by atoms with van der Waals surface area (Å²) in [7, 11) is 0. The van der Waals surface area contributed by atoms with Crippen LogP contribution in [-0.4, -0.2) is 24.6 Å². The Labute approximate surface area is 173 Å². The summed E-state index contributed by atoms with van der Waals surface area (Å²) in [6.07, 6.45) is 1.09. The summed E-state index contributed by atoms with van der Waals surface area (Å²) in [5, 5.41) is 2.86. The van der Waals surface area contributed by atoms with Crippen LogP contribution < -0.4 is 10.1 Å². The monoisotopic (exact) mass is 397 g/mol. The fraction of sp³-hybridized carbons (Fsp3) is 0.417. The van der Waals surface area contributed by atoms with Crippen molar-refractivity contribution >= 4 is 11.9 Å². The van der Waals surface area contributed by atoms with Crippen LogP contribution in [0.5, 0.6) is 5.75 Å². The molecule has 5 nitrogen and oxygen atoms in total. The first kappa shape index (κ1) is 22.5. The van der Waals surface area contributed by atoms with Gasteiger partial charge in [-0.25, -0.2) is 4.79 Å². The van der Waals surface area contributed by atoms with Crippen molar-refractivity contribution < 1.29 is 19.1 Å². The maximum absolute atomic E-state index is 12.1. The Morgan fingerprint density at radius 1 is 0.897 bits per heavy atom. The average Bonchev–Trinajstić information content (AvgIpc) is 2.66. The number of esters is 1. The lowest BCUT2D eigenvalue weighted by Gasteiger charge is -2.15. The normalized spacial score (nSPS) is 12.0. The number of rotatable bonds is 9. The Morgan fingerprint density at radius 3 is 2.07 bits per heavy atom. The third-order valence-electron chi connectivity index (χ3n) is 4.30. The molecular formula is C24H31NO4. The molecule has 0 aliphatic rings. The van der Waals surface area contributed by atoms with Gasteiger partial charge in [0.15, 0.2) is 6.61 Å². The van der Waals surface area contributed by atoms with Gasteiger partial charge in [0, 0.05) is 0 Å². The number of benzene rings is 2. The van der Waals surface area contributed by atoms with Crippen LogP contribution in [0.1, 0.15) is 62.1 Å². The number of hydrogen-bond acceptors (Lipinski definition) is 4. The Kier molecular flexibility index (Phi) is 8.25. The van der Waals surface area contributed by atoms with E-state index in [1.165, 1.54) is 5.56 Å². The Balaban J connectivity index is 1.81. The van der Waals surface area contributed by atoms with E-state index in [4.69, 9.17) is 9.47 Å². The van der Waals surface area contributed by atoms with Crippen molar-refractivity contribution in [3.63, 3.8) is 0 Å². The lowest BCUT2D eigenvalue weighted by molar-refractivity contribution is -0.124. The number of carbonyl (C=O) groups is 2. The van der Waals surface area contributed by atoms with Crippen molar-refractivity contribution in [1.82, 2.24) is 5.32 Å².